The molecule has 9 aromatic carbocycles. The van der Waals surface area contributed by atoms with Gasteiger partial charge in [-0.2, -0.15) is 0 Å². The number of fused-ring (bicyclic) bond motifs is 3. The fourth-order valence-corrected chi connectivity index (χ4v) is 10.4. The lowest BCUT2D eigenvalue weighted by atomic mass is 9.86. The third kappa shape index (κ3) is 8.11. The average molecular weight is 938 g/mol. The van der Waals surface area contributed by atoms with Crippen LogP contribution >= 0.6 is 0 Å². The maximum Gasteiger partial charge on any atom is 0.139 e. The molecule has 73 heavy (non-hydrogen) atoms. The lowest BCUT2D eigenvalue weighted by Gasteiger charge is -2.18. The van der Waals surface area contributed by atoms with Crippen molar-refractivity contribution in [2.45, 2.75) is 0 Å². The highest BCUT2D eigenvalue weighted by Gasteiger charge is 2.18. The second-order valence-corrected chi connectivity index (χ2v) is 18.6. The minimum atomic E-state index is 0.884. The molecule has 0 spiro atoms. The van der Waals surface area contributed by atoms with Crippen LogP contribution in [0.3, 0.4) is 0 Å². The zero-order valence-electron chi connectivity index (χ0n) is 40.3. The Kier molecular flexibility index (Phi) is 10.9. The molecule has 0 amide bonds. The van der Waals surface area contributed by atoms with Gasteiger partial charge in [0.1, 0.15) is 22.8 Å². The molecular formula is C67H47N5O. The highest BCUT2D eigenvalue weighted by atomic mass is 16.3. The van der Waals surface area contributed by atoms with Gasteiger partial charge in [0.15, 0.2) is 0 Å². The molecule has 13 rings (SSSR count). The fourth-order valence-electron chi connectivity index (χ4n) is 10.4. The van der Waals surface area contributed by atoms with Gasteiger partial charge in [-0.15, -0.1) is 0 Å². The van der Waals surface area contributed by atoms with E-state index in [1.165, 1.54) is 0 Å². The van der Waals surface area contributed by atoms with Gasteiger partial charge in [-0.3, -0.25) is 4.98 Å². The van der Waals surface area contributed by atoms with Crippen LogP contribution in [0.5, 0.6) is 0 Å². The lowest BCUT2D eigenvalue weighted by molar-refractivity contribution is 0.669. The number of aryl methyl sites for hydroxylation is 2. The second kappa shape index (κ2) is 18.3. The Morgan fingerprint density at radius 1 is 0.301 bits per heavy atom. The number of imidazole rings is 2. The van der Waals surface area contributed by atoms with Crippen molar-refractivity contribution < 1.29 is 4.42 Å². The Balaban J connectivity index is 0.897. The first-order valence-corrected chi connectivity index (χ1v) is 24.6. The van der Waals surface area contributed by atoms with E-state index in [4.69, 9.17) is 9.40 Å². The third-order valence-corrected chi connectivity index (χ3v) is 14.1. The topological polar surface area (TPSA) is 61.7 Å². The summed E-state index contributed by atoms with van der Waals surface area (Å²) in [6.45, 7) is 0. The SMILES string of the molecule is Cn1ccnc1-c1ccc(-c2ccccc2-c2cc(-c3ccccc3-c3ccc(-c4nccn4C)cc3)cc(-c3ccccc3-c3ccc(-c4cccc(-c5ccc6c(c5)oc5ccccc56)c4)nc3)c2)cc1. The first-order valence-electron chi connectivity index (χ1n) is 24.6. The highest BCUT2D eigenvalue weighted by Crippen LogP contribution is 2.43. The fraction of sp³-hybridized carbons (Fsp3) is 0.0299. The molecule has 0 aliphatic heterocycles. The number of hydrogen-bond donors (Lipinski definition) is 0. The molecule has 4 heterocycles. The van der Waals surface area contributed by atoms with Crippen LogP contribution in [0.15, 0.2) is 254 Å². The molecule has 13 aromatic rings. The molecule has 0 N–H and O–H groups in total. The molecule has 6 nitrogen and oxygen atoms in total. The number of nitrogens with zero attached hydrogens (tertiary/aromatic N) is 5. The van der Waals surface area contributed by atoms with E-state index in [0.717, 1.165) is 134 Å². The number of pyridine rings is 1. The van der Waals surface area contributed by atoms with Crippen LogP contribution in [0.1, 0.15) is 0 Å². The molecule has 0 bridgehead atoms. The van der Waals surface area contributed by atoms with Gasteiger partial charge in [0.25, 0.3) is 0 Å². The van der Waals surface area contributed by atoms with Crippen molar-refractivity contribution in [2.24, 2.45) is 14.1 Å². The smallest absolute Gasteiger partial charge is 0.139 e. The van der Waals surface area contributed by atoms with Crippen molar-refractivity contribution in [3.63, 3.8) is 0 Å². The lowest BCUT2D eigenvalue weighted by Crippen LogP contribution is -1.93. The van der Waals surface area contributed by atoms with E-state index in [0.29, 0.717) is 0 Å². The second-order valence-electron chi connectivity index (χ2n) is 18.6. The van der Waals surface area contributed by atoms with Crippen LogP contribution in [0.2, 0.25) is 0 Å². The summed E-state index contributed by atoms with van der Waals surface area (Å²) in [7, 11) is 4.06. The summed E-state index contributed by atoms with van der Waals surface area (Å²) in [6.07, 6.45) is 9.66. The molecule has 346 valence electrons. The quantitative estimate of drug-likeness (QED) is 0.137. The summed E-state index contributed by atoms with van der Waals surface area (Å²) in [5.74, 6) is 1.88. The van der Waals surface area contributed by atoms with E-state index >= 15 is 0 Å². The number of rotatable bonds is 10. The van der Waals surface area contributed by atoms with Gasteiger partial charge in [0.2, 0.25) is 0 Å². The minimum Gasteiger partial charge on any atom is -0.456 e. The van der Waals surface area contributed by atoms with Crippen molar-refractivity contribution in [1.82, 2.24) is 24.1 Å². The third-order valence-electron chi connectivity index (χ3n) is 14.1. The van der Waals surface area contributed by atoms with Crippen molar-refractivity contribution in [3.05, 3.63) is 249 Å². The molecule has 0 saturated heterocycles. The van der Waals surface area contributed by atoms with Gasteiger partial charge in [-0.25, -0.2) is 9.97 Å². The van der Waals surface area contributed by atoms with E-state index < -0.39 is 0 Å². The molecular weight excluding hydrogens is 891 g/mol. The molecule has 0 unspecified atom stereocenters. The highest BCUT2D eigenvalue weighted by molar-refractivity contribution is 6.06. The van der Waals surface area contributed by atoms with Crippen LogP contribution < -0.4 is 0 Å². The molecule has 0 saturated carbocycles. The van der Waals surface area contributed by atoms with Crippen molar-refractivity contribution in [1.29, 1.82) is 0 Å². The van der Waals surface area contributed by atoms with E-state index in [1.807, 2.05) is 57.2 Å². The summed E-state index contributed by atoms with van der Waals surface area (Å²) in [5, 5.41) is 2.25. The largest absolute Gasteiger partial charge is 0.456 e. The van der Waals surface area contributed by atoms with Crippen molar-refractivity contribution >= 4 is 21.9 Å². The monoisotopic (exact) mass is 937 g/mol. The first kappa shape index (κ1) is 43.4. The molecule has 6 heteroatoms. The first-order chi connectivity index (χ1) is 36.0. The Morgan fingerprint density at radius 2 is 0.712 bits per heavy atom. The van der Waals surface area contributed by atoms with Gasteiger partial charge in [-0.05, 0) is 121 Å². The summed E-state index contributed by atoms with van der Waals surface area (Å²) < 4.78 is 10.4. The van der Waals surface area contributed by atoms with E-state index in [9.17, 15) is 0 Å². The standard InChI is InChI=1S/C67H47N5O/c1-71-36-34-68-66(71)46-26-22-44(23-27-46)55-14-3-6-17-58(55)52-39-53(59-18-7-4-15-56(59)45-24-28-47(29-25-45)67-69-35-37-72(67)2)41-54(40-52)60-19-8-5-16-57(60)51-31-33-63(70-43-51)50-13-11-12-48(38-50)49-30-32-62-61-20-9-10-21-64(61)73-65(62)42-49/h3-43H,1-2H3. The predicted molar refractivity (Wildman–Crippen MR) is 299 cm³/mol. The number of furan rings is 1. The minimum absolute atomic E-state index is 0.884. The van der Waals surface area contributed by atoms with Crippen molar-refractivity contribution in [2.75, 3.05) is 0 Å². The van der Waals surface area contributed by atoms with Crippen LogP contribution in [-0.4, -0.2) is 24.1 Å². The van der Waals surface area contributed by atoms with E-state index in [-0.39, 0.29) is 0 Å². The van der Waals surface area contributed by atoms with Gasteiger partial charge < -0.3 is 13.6 Å². The zero-order valence-corrected chi connectivity index (χ0v) is 40.3. The summed E-state index contributed by atoms with van der Waals surface area (Å²) in [4.78, 5) is 14.3. The molecule has 0 fully saturated rings. The summed E-state index contributed by atoms with van der Waals surface area (Å²) in [6, 6.07) is 78.4. The number of para-hydroxylation sites is 1. The van der Waals surface area contributed by atoms with Crippen LogP contribution in [-0.2, 0) is 14.1 Å². The molecule has 0 radical (unpaired) electrons. The normalized spacial score (nSPS) is 11.4. The number of aromatic nitrogens is 5. The van der Waals surface area contributed by atoms with E-state index in [2.05, 4.69) is 225 Å². The van der Waals surface area contributed by atoms with Crippen molar-refractivity contribution in [3.8, 4) is 112 Å². The Labute approximate surface area is 423 Å². The number of hydrogen-bond acceptors (Lipinski definition) is 4. The Bertz CT molecular complexity index is 4010. The van der Waals surface area contributed by atoms with Gasteiger partial charge in [0, 0.05) is 78.1 Å². The molecule has 4 aromatic heterocycles. The predicted octanol–water partition coefficient (Wildman–Crippen LogP) is 17.1. The average Bonchev–Trinajstić information content (AvgIpc) is 4.20. The Morgan fingerprint density at radius 3 is 1.22 bits per heavy atom. The van der Waals surface area contributed by atoms with E-state index in [1.54, 1.807) is 0 Å². The van der Waals surface area contributed by atoms with Gasteiger partial charge in [-0.1, -0.05) is 170 Å². The molecule has 0 aliphatic carbocycles. The van der Waals surface area contributed by atoms with Crippen LogP contribution in [0, 0.1) is 0 Å². The molecule has 0 aliphatic rings. The van der Waals surface area contributed by atoms with Crippen LogP contribution in [0.25, 0.3) is 134 Å². The van der Waals surface area contributed by atoms with Gasteiger partial charge >= 0.3 is 0 Å². The van der Waals surface area contributed by atoms with Gasteiger partial charge in [0.05, 0.1) is 5.69 Å². The van der Waals surface area contributed by atoms with Crippen LogP contribution in [0.4, 0.5) is 0 Å². The molecule has 0 atom stereocenters. The maximum absolute atomic E-state index is 6.25. The number of benzene rings is 9. The summed E-state index contributed by atoms with van der Waals surface area (Å²) >= 11 is 0. The zero-order chi connectivity index (χ0) is 48.8. The Hall–Kier alpha value is -9.65. The summed E-state index contributed by atoms with van der Waals surface area (Å²) in [5.41, 5.74) is 21.6. The maximum atomic E-state index is 6.25.